The van der Waals surface area contributed by atoms with E-state index in [0.29, 0.717) is 0 Å². The Morgan fingerprint density at radius 2 is 2.12 bits per heavy atom. The predicted octanol–water partition coefficient (Wildman–Crippen LogP) is -2.42. The van der Waals surface area contributed by atoms with Gasteiger partial charge in [-0.2, -0.15) is 0 Å². The molecule has 0 saturated carbocycles. The van der Waals surface area contributed by atoms with Crippen LogP contribution in [0.2, 0.25) is 0 Å². The second-order valence-corrected chi connectivity index (χ2v) is 3.66. The van der Waals surface area contributed by atoms with E-state index in [0.717, 1.165) is 0 Å². The SMILES string of the molecule is CO[C@@H]1[C@H](NC(C)=O)[C@@H](O)OC(CO)[C@@H]1O. The highest BCUT2D eigenvalue weighted by atomic mass is 16.6. The second-order valence-electron chi connectivity index (χ2n) is 3.66. The van der Waals surface area contributed by atoms with E-state index in [9.17, 15) is 15.0 Å². The number of aliphatic hydroxyl groups is 3. The highest BCUT2D eigenvalue weighted by Gasteiger charge is 2.45. The maximum Gasteiger partial charge on any atom is 0.217 e. The molecule has 16 heavy (non-hydrogen) atoms. The number of aliphatic hydroxyl groups excluding tert-OH is 3. The van der Waals surface area contributed by atoms with Crippen molar-refractivity contribution >= 4 is 5.91 Å². The first kappa shape index (κ1) is 13.3. The van der Waals surface area contributed by atoms with Crippen molar-refractivity contribution in [2.24, 2.45) is 0 Å². The van der Waals surface area contributed by atoms with Gasteiger partial charge in [-0.05, 0) is 0 Å². The van der Waals surface area contributed by atoms with Crippen LogP contribution in [-0.2, 0) is 14.3 Å². The van der Waals surface area contributed by atoms with Crippen molar-refractivity contribution in [3.63, 3.8) is 0 Å². The van der Waals surface area contributed by atoms with Crippen LogP contribution in [0, 0.1) is 0 Å². The number of ether oxygens (including phenoxy) is 2. The lowest BCUT2D eigenvalue weighted by atomic mass is 9.97. The number of methoxy groups -OCH3 is 1. The lowest BCUT2D eigenvalue weighted by Crippen LogP contribution is -2.64. The highest BCUT2D eigenvalue weighted by Crippen LogP contribution is 2.21. The molecule has 1 fully saturated rings. The fraction of sp³-hybridized carbons (Fsp3) is 0.889. The molecule has 1 aliphatic rings. The van der Waals surface area contributed by atoms with E-state index >= 15 is 0 Å². The Kier molecular flexibility index (Phi) is 4.63. The Morgan fingerprint density at radius 3 is 2.56 bits per heavy atom. The van der Waals surface area contributed by atoms with E-state index in [4.69, 9.17) is 14.6 Å². The number of hydrogen-bond donors (Lipinski definition) is 4. The number of carbonyl (C=O) groups excluding carboxylic acids is 1. The van der Waals surface area contributed by atoms with Crippen LogP contribution in [-0.4, -0.2) is 65.6 Å². The topological polar surface area (TPSA) is 108 Å². The standard InChI is InChI=1S/C9H17NO6/c1-4(12)10-6-8(15-2)7(13)5(3-11)16-9(6)14/h5-9,11,13-14H,3H2,1-2H3,(H,10,12)/t5?,6-,7-,8+,9-/m0/s1. The summed E-state index contributed by atoms with van der Waals surface area (Å²) in [6, 6.07) is -0.861. The van der Waals surface area contributed by atoms with Crippen LogP contribution in [0.3, 0.4) is 0 Å². The van der Waals surface area contributed by atoms with Crippen LogP contribution in [0.1, 0.15) is 6.92 Å². The van der Waals surface area contributed by atoms with Crippen molar-refractivity contribution in [1.29, 1.82) is 0 Å². The number of nitrogens with one attached hydrogen (secondary N) is 1. The van der Waals surface area contributed by atoms with E-state index in [1.165, 1.54) is 14.0 Å². The van der Waals surface area contributed by atoms with Crippen LogP contribution < -0.4 is 5.32 Å². The van der Waals surface area contributed by atoms with Crippen molar-refractivity contribution in [1.82, 2.24) is 5.32 Å². The molecule has 7 nitrogen and oxygen atoms in total. The monoisotopic (exact) mass is 235 g/mol. The van der Waals surface area contributed by atoms with Gasteiger partial charge in [-0.25, -0.2) is 0 Å². The van der Waals surface area contributed by atoms with Gasteiger partial charge in [0.25, 0.3) is 0 Å². The molecule has 0 aromatic carbocycles. The molecule has 94 valence electrons. The predicted molar refractivity (Wildman–Crippen MR) is 52.4 cm³/mol. The van der Waals surface area contributed by atoms with Gasteiger partial charge in [0, 0.05) is 14.0 Å². The molecule has 0 radical (unpaired) electrons. The van der Waals surface area contributed by atoms with Gasteiger partial charge in [0.15, 0.2) is 6.29 Å². The summed E-state index contributed by atoms with van der Waals surface area (Å²) in [5.41, 5.74) is 0. The Morgan fingerprint density at radius 1 is 1.50 bits per heavy atom. The van der Waals surface area contributed by atoms with Crippen molar-refractivity contribution in [3.8, 4) is 0 Å². The molecule has 1 aliphatic heterocycles. The maximum absolute atomic E-state index is 10.9. The van der Waals surface area contributed by atoms with Crippen molar-refractivity contribution < 1.29 is 29.6 Å². The molecule has 1 heterocycles. The summed E-state index contributed by atoms with van der Waals surface area (Å²) in [6.07, 6.45) is -4.19. The summed E-state index contributed by atoms with van der Waals surface area (Å²) in [5.74, 6) is -0.371. The molecule has 0 spiro atoms. The first-order chi connectivity index (χ1) is 7.51. The highest BCUT2D eigenvalue weighted by molar-refractivity contribution is 5.73. The Balaban J connectivity index is 2.78. The first-order valence-electron chi connectivity index (χ1n) is 4.93. The van der Waals surface area contributed by atoms with E-state index in [1.807, 2.05) is 0 Å². The minimum Gasteiger partial charge on any atom is -0.394 e. The number of carbonyl (C=O) groups is 1. The first-order valence-corrected chi connectivity index (χ1v) is 4.93. The Hall–Kier alpha value is -0.730. The average Bonchev–Trinajstić information content (AvgIpc) is 2.23. The normalized spacial score (nSPS) is 39.4. The van der Waals surface area contributed by atoms with Gasteiger partial charge in [0.05, 0.1) is 6.61 Å². The minimum atomic E-state index is -1.32. The zero-order valence-electron chi connectivity index (χ0n) is 9.16. The molecule has 4 N–H and O–H groups in total. The smallest absolute Gasteiger partial charge is 0.217 e. The molecule has 0 aromatic rings. The van der Waals surface area contributed by atoms with Crippen LogP contribution in [0.4, 0.5) is 0 Å². The molecule has 7 heteroatoms. The molecule has 1 amide bonds. The molecule has 1 saturated heterocycles. The lowest BCUT2D eigenvalue weighted by Gasteiger charge is -2.41. The fourth-order valence-corrected chi connectivity index (χ4v) is 1.76. The van der Waals surface area contributed by atoms with E-state index in [1.54, 1.807) is 0 Å². The van der Waals surface area contributed by atoms with E-state index < -0.39 is 37.3 Å². The molecule has 1 rings (SSSR count). The van der Waals surface area contributed by atoms with Gasteiger partial charge in [-0.3, -0.25) is 4.79 Å². The van der Waals surface area contributed by atoms with Crippen LogP contribution >= 0.6 is 0 Å². The zero-order valence-corrected chi connectivity index (χ0v) is 9.16. The van der Waals surface area contributed by atoms with E-state index in [-0.39, 0.29) is 5.91 Å². The fourth-order valence-electron chi connectivity index (χ4n) is 1.76. The lowest BCUT2D eigenvalue weighted by molar-refractivity contribution is -0.258. The number of amides is 1. The quantitative estimate of drug-likeness (QED) is 0.433. The number of rotatable bonds is 3. The zero-order chi connectivity index (χ0) is 12.3. The average molecular weight is 235 g/mol. The summed E-state index contributed by atoms with van der Waals surface area (Å²) >= 11 is 0. The summed E-state index contributed by atoms with van der Waals surface area (Å²) in [5, 5.41) is 30.7. The number of hydrogen-bond acceptors (Lipinski definition) is 6. The third-order valence-electron chi connectivity index (χ3n) is 2.51. The van der Waals surface area contributed by atoms with Crippen molar-refractivity contribution in [2.45, 2.75) is 37.6 Å². The van der Waals surface area contributed by atoms with Crippen LogP contribution in [0.25, 0.3) is 0 Å². The van der Waals surface area contributed by atoms with Gasteiger partial charge in [0.2, 0.25) is 5.91 Å². The Bertz CT molecular complexity index is 248. The van der Waals surface area contributed by atoms with Gasteiger partial charge in [-0.15, -0.1) is 0 Å². The molecular formula is C9H17NO6. The maximum atomic E-state index is 10.9. The van der Waals surface area contributed by atoms with E-state index in [2.05, 4.69) is 5.32 Å². The van der Waals surface area contributed by atoms with Crippen LogP contribution in [0.15, 0.2) is 0 Å². The summed E-state index contributed by atoms with van der Waals surface area (Å²) in [7, 11) is 1.34. The van der Waals surface area contributed by atoms with Gasteiger partial charge >= 0.3 is 0 Å². The minimum absolute atomic E-state index is 0.371. The summed E-state index contributed by atoms with van der Waals surface area (Å²) < 4.78 is 9.96. The van der Waals surface area contributed by atoms with Crippen molar-refractivity contribution in [3.05, 3.63) is 0 Å². The van der Waals surface area contributed by atoms with Gasteiger partial charge in [0.1, 0.15) is 24.4 Å². The molecule has 5 atom stereocenters. The molecule has 1 unspecified atom stereocenters. The largest absolute Gasteiger partial charge is 0.394 e. The summed E-state index contributed by atoms with van der Waals surface area (Å²) in [4.78, 5) is 10.9. The Labute approximate surface area is 93.0 Å². The third kappa shape index (κ3) is 2.69. The third-order valence-corrected chi connectivity index (χ3v) is 2.51. The van der Waals surface area contributed by atoms with Gasteiger partial charge < -0.3 is 30.1 Å². The second kappa shape index (κ2) is 5.55. The molecule has 0 aromatic heterocycles. The van der Waals surface area contributed by atoms with Gasteiger partial charge in [-0.1, -0.05) is 0 Å². The molecule has 0 aliphatic carbocycles. The summed E-state index contributed by atoms with van der Waals surface area (Å²) in [6.45, 7) is 0.842. The van der Waals surface area contributed by atoms with Crippen molar-refractivity contribution in [2.75, 3.05) is 13.7 Å². The molecular weight excluding hydrogens is 218 g/mol. The molecule has 0 bridgehead atoms. The van der Waals surface area contributed by atoms with Crippen LogP contribution in [0.5, 0.6) is 0 Å².